The highest BCUT2D eigenvalue weighted by molar-refractivity contribution is 7.98. The van der Waals surface area contributed by atoms with Crippen molar-refractivity contribution in [3.63, 3.8) is 0 Å². The molecule has 2 N–H and O–H groups in total. The maximum Gasteiger partial charge on any atom is 0.354 e. The second kappa shape index (κ2) is 4.81. The number of nitrogens with one attached hydrogen (secondary N) is 1. The molecule has 1 aromatic carbocycles. The number of thioether (sulfide) groups is 1. The molecule has 2 rings (SSSR count). The monoisotopic (exact) mass is 268 g/mol. The van der Waals surface area contributed by atoms with E-state index < -0.39 is 5.97 Å². The summed E-state index contributed by atoms with van der Waals surface area (Å²) < 4.78 is 0. The number of benzene rings is 1. The van der Waals surface area contributed by atoms with Crippen molar-refractivity contribution in [1.82, 2.24) is 9.97 Å². The smallest absolute Gasteiger partial charge is 0.354 e. The van der Waals surface area contributed by atoms with E-state index in [1.165, 1.54) is 11.8 Å². The fraction of sp³-hybridized carbons (Fsp3) is 0.0909. The summed E-state index contributed by atoms with van der Waals surface area (Å²) in [6.45, 7) is 0. The number of carboxylic acid groups (broad SMARTS) is 1. The van der Waals surface area contributed by atoms with E-state index >= 15 is 0 Å². The quantitative estimate of drug-likeness (QED) is 0.839. The Morgan fingerprint density at radius 3 is 2.76 bits per heavy atom. The fourth-order valence-electron chi connectivity index (χ4n) is 1.45. The molecule has 0 aliphatic rings. The zero-order valence-electron chi connectivity index (χ0n) is 8.90. The lowest BCUT2D eigenvalue weighted by molar-refractivity contribution is 0.0691. The van der Waals surface area contributed by atoms with Crippen molar-refractivity contribution in [3.8, 4) is 11.3 Å². The van der Waals surface area contributed by atoms with Crippen LogP contribution in [0.3, 0.4) is 0 Å². The van der Waals surface area contributed by atoms with Gasteiger partial charge in [-0.25, -0.2) is 9.78 Å². The molecule has 0 fully saturated rings. The standard InChI is InChI=1S/C11H9ClN2O2S/c1-17-11-13-8(9(14-11)10(15)16)6-4-2-3-5-7(6)12/h2-5H,1H3,(H,13,14)(H,15,16). The lowest BCUT2D eigenvalue weighted by Gasteiger charge is -2.01. The predicted octanol–water partition coefficient (Wildman–Crippen LogP) is 3.15. The minimum Gasteiger partial charge on any atom is -0.477 e. The number of H-pyrrole nitrogens is 1. The van der Waals surface area contributed by atoms with Crippen LogP contribution in [0.25, 0.3) is 11.3 Å². The number of hydrogen-bond acceptors (Lipinski definition) is 3. The first kappa shape index (κ1) is 12.0. The lowest BCUT2D eigenvalue weighted by atomic mass is 10.1. The predicted molar refractivity (Wildman–Crippen MR) is 67.8 cm³/mol. The van der Waals surface area contributed by atoms with Gasteiger partial charge in [0.15, 0.2) is 10.9 Å². The number of carboxylic acids is 1. The molecule has 2 aromatic rings. The largest absolute Gasteiger partial charge is 0.477 e. The zero-order valence-corrected chi connectivity index (χ0v) is 10.5. The molecule has 0 spiro atoms. The maximum atomic E-state index is 11.1. The molecule has 1 heterocycles. The van der Waals surface area contributed by atoms with E-state index in [9.17, 15) is 4.79 Å². The number of aromatic amines is 1. The summed E-state index contributed by atoms with van der Waals surface area (Å²) in [4.78, 5) is 18.1. The Labute approximate surface area is 107 Å². The van der Waals surface area contributed by atoms with Gasteiger partial charge in [-0.05, 0) is 12.3 Å². The summed E-state index contributed by atoms with van der Waals surface area (Å²) in [6, 6.07) is 7.03. The third kappa shape index (κ3) is 2.30. The second-order valence-electron chi connectivity index (χ2n) is 3.25. The highest BCUT2D eigenvalue weighted by Crippen LogP contribution is 2.30. The molecule has 0 atom stereocenters. The van der Waals surface area contributed by atoms with Crippen LogP contribution in [-0.4, -0.2) is 27.3 Å². The molecule has 0 amide bonds. The number of hydrogen-bond donors (Lipinski definition) is 2. The molecule has 0 saturated carbocycles. The molecule has 0 saturated heterocycles. The van der Waals surface area contributed by atoms with Crippen LogP contribution in [0.15, 0.2) is 29.4 Å². The van der Waals surface area contributed by atoms with Crippen molar-refractivity contribution >= 4 is 29.3 Å². The number of imidazole rings is 1. The van der Waals surface area contributed by atoms with Crippen molar-refractivity contribution in [2.45, 2.75) is 5.16 Å². The Morgan fingerprint density at radius 2 is 2.18 bits per heavy atom. The summed E-state index contributed by atoms with van der Waals surface area (Å²) in [5.41, 5.74) is 1.04. The molecular formula is C11H9ClN2O2S. The van der Waals surface area contributed by atoms with Gasteiger partial charge in [0.1, 0.15) is 5.69 Å². The molecule has 0 aliphatic carbocycles. The normalized spacial score (nSPS) is 10.5. The average molecular weight is 269 g/mol. The Balaban J connectivity index is 2.62. The molecule has 4 nitrogen and oxygen atoms in total. The van der Waals surface area contributed by atoms with Gasteiger partial charge in [0.2, 0.25) is 0 Å². The van der Waals surface area contributed by atoms with Crippen LogP contribution in [0.2, 0.25) is 5.02 Å². The van der Waals surface area contributed by atoms with Crippen LogP contribution < -0.4 is 0 Å². The molecule has 6 heteroatoms. The average Bonchev–Trinajstić information content (AvgIpc) is 2.73. The van der Waals surface area contributed by atoms with Gasteiger partial charge in [0.25, 0.3) is 0 Å². The van der Waals surface area contributed by atoms with Crippen molar-refractivity contribution in [2.24, 2.45) is 0 Å². The Morgan fingerprint density at radius 1 is 1.47 bits per heavy atom. The number of rotatable bonds is 3. The van der Waals surface area contributed by atoms with Crippen molar-refractivity contribution in [2.75, 3.05) is 6.26 Å². The van der Waals surface area contributed by atoms with Gasteiger partial charge >= 0.3 is 5.97 Å². The third-order valence-corrected chi connectivity index (χ3v) is 3.13. The summed E-state index contributed by atoms with van der Waals surface area (Å²) in [5.74, 6) is -1.05. The minimum absolute atomic E-state index is 0.0578. The van der Waals surface area contributed by atoms with E-state index in [4.69, 9.17) is 16.7 Å². The lowest BCUT2D eigenvalue weighted by Crippen LogP contribution is -1.99. The fourth-order valence-corrected chi connectivity index (χ4v) is 2.06. The topological polar surface area (TPSA) is 66.0 Å². The molecular weight excluding hydrogens is 260 g/mol. The van der Waals surface area contributed by atoms with E-state index in [0.29, 0.717) is 21.4 Å². The first-order valence-corrected chi connectivity index (χ1v) is 6.36. The summed E-state index contributed by atoms with van der Waals surface area (Å²) >= 11 is 7.38. The third-order valence-electron chi connectivity index (χ3n) is 2.22. The van der Waals surface area contributed by atoms with Crippen molar-refractivity contribution in [1.29, 1.82) is 0 Å². The molecule has 0 aliphatic heterocycles. The maximum absolute atomic E-state index is 11.1. The van der Waals surface area contributed by atoms with Gasteiger partial charge in [-0.3, -0.25) is 0 Å². The highest BCUT2D eigenvalue weighted by atomic mass is 35.5. The number of aromatic nitrogens is 2. The van der Waals surface area contributed by atoms with Crippen molar-refractivity contribution < 1.29 is 9.90 Å². The molecule has 17 heavy (non-hydrogen) atoms. The van der Waals surface area contributed by atoms with Gasteiger partial charge in [-0.1, -0.05) is 41.6 Å². The van der Waals surface area contributed by atoms with Gasteiger partial charge in [0, 0.05) is 5.56 Å². The van der Waals surface area contributed by atoms with Gasteiger partial charge in [0.05, 0.1) is 5.02 Å². The summed E-state index contributed by atoms with van der Waals surface area (Å²) in [5, 5.41) is 10.1. The van der Waals surface area contributed by atoms with Gasteiger partial charge < -0.3 is 10.1 Å². The first-order valence-electron chi connectivity index (χ1n) is 4.75. The number of nitrogens with zero attached hydrogens (tertiary/aromatic N) is 1. The molecule has 0 bridgehead atoms. The Kier molecular flexibility index (Phi) is 3.40. The minimum atomic E-state index is -1.05. The zero-order chi connectivity index (χ0) is 12.4. The van der Waals surface area contributed by atoms with Crippen LogP contribution in [0.5, 0.6) is 0 Å². The van der Waals surface area contributed by atoms with E-state index in [-0.39, 0.29) is 5.69 Å². The van der Waals surface area contributed by atoms with Crippen LogP contribution in [-0.2, 0) is 0 Å². The van der Waals surface area contributed by atoms with E-state index in [1.807, 2.05) is 6.26 Å². The van der Waals surface area contributed by atoms with Crippen molar-refractivity contribution in [3.05, 3.63) is 35.0 Å². The molecule has 0 unspecified atom stereocenters. The van der Waals surface area contributed by atoms with E-state index in [2.05, 4.69) is 9.97 Å². The Hall–Kier alpha value is -1.46. The van der Waals surface area contributed by atoms with E-state index in [1.54, 1.807) is 24.3 Å². The van der Waals surface area contributed by atoms with Gasteiger partial charge in [-0.15, -0.1) is 0 Å². The summed E-state index contributed by atoms with van der Waals surface area (Å²) in [6.07, 6.45) is 1.82. The van der Waals surface area contributed by atoms with Crippen LogP contribution >= 0.6 is 23.4 Å². The van der Waals surface area contributed by atoms with Gasteiger partial charge in [-0.2, -0.15) is 0 Å². The van der Waals surface area contributed by atoms with E-state index in [0.717, 1.165) is 0 Å². The number of carbonyl (C=O) groups is 1. The molecule has 1 aromatic heterocycles. The number of aromatic carboxylic acids is 1. The second-order valence-corrected chi connectivity index (χ2v) is 4.46. The van der Waals surface area contributed by atoms with Crippen LogP contribution in [0.4, 0.5) is 0 Å². The summed E-state index contributed by atoms with van der Waals surface area (Å²) in [7, 11) is 0. The van der Waals surface area contributed by atoms with Crippen LogP contribution in [0.1, 0.15) is 10.5 Å². The molecule has 88 valence electrons. The molecule has 0 radical (unpaired) electrons. The van der Waals surface area contributed by atoms with Crippen LogP contribution in [0, 0.1) is 0 Å². The SMILES string of the molecule is CSc1nc(-c2ccccc2Cl)c(C(=O)O)[nH]1. The Bertz CT molecular complexity index is 568. The highest BCUT2D eigenvalue weighted by Gasteiger charge is 2.19. The first-order chi connectivity index (χ1) is 8.13. The number of halogens is 1.